The van der Waals surface area contributed by atoms with E-state index < -0.39 is 0 Å². The Bertz CT molecular complexity index is 459. The molecule has 1 aromatic carbocycles. The molecular weight excluding hydrogens is 204 g/mol. The summed E-state index contributed by atoms with van der Waals surface area (Å²) in [6.45, 7) is 12.1. The molecule has 1 aliphatic carbocycles. The molecule has 0 amide bonds. The lowest BCUT2D eigenvalue weighted by molar-refractivity contribution is 1.23. The molecular formula is C17H22. The molecule has 17 heavy (non-hydrogen) atoms. The van der Waals surface area contributed by atoms with Crippen LogP contribution in [-0.2, 0) is 6.42 Å². The van der Waals surface area contributed by atoms with E-state index in [0.717, 1.165) is 6.42 Å². The molecule has 1 aliphatic rings. The fourth-order valence-electron chi connectivity index (χ4n) is 2.15. The van der Waals surface area contributed by atoms with Gasteiger partial charge in [0.2, 0.25) is 0 Å². The summed E-state index contributed by atoms with van der Waals surface area (Å²) in [7, 11) is 0. The van der Waals surface area contributed by atoms with Crippen molar-refractivity contribution in [3.05, 3.63) is 65.3 Å². The lowest BCUT2D eigenvalue weighted by Crippen LogP contribution is -1.84. The van der Waals surface area contributed by atoms with Crippen molar-refractivity contribution in [3.63, 3.8) is 0 Å². The average molecular weight is 226 g/mol. The highest BCUT2D eigenvalue weighted by Crippen LogP contribution is 2.34. The number of hydrogen-bond donors (Lipinski definition) is 0. The van der Waals surface area contributed by atoms with Crippen molar-refractivity contribution < 1.29 is 0 Å². The summed E-state index contributed by atoms with van der Waals surface area (Å²) in [4.78, 5) is 0. The molecule has 0 N–H and O–H groups in total. The summed E-state index contributed by atoms with van der Waals surface area (Å²) in [5, 5.41) is 0. The van der Waals surface area contributed by atoms with Gasteiger partial charge in [-0.25, -0.2) is 0 Å². The molecule has 0 radical (unpaired) electrons. The van der Waals surface area contributed by atoms with Crippen molar-refractivity contribution in [3.8, 4) is 0 Å². The van der Waals surface area contributed by atoms with E-state index >= 15 is 0 Å². The van der Waals surface area contributed by atoms with Gasteiger partial charge in [0.05, 0.1) is 0 Å². The Labute approximate surface area is 105 Å². The van der Waals surface area contributed by atoms with Crippen LogP contribution in [0.25, 0.3) is 5.57 Å². The smallest absolute Gasteiger partial charge is 0.00136 e. The molecule has 0 fully saturated rings. The van der Waals surface area contributed by atoms with Crippen LogP contribution in [0.5, 0.6) is 0 Å². The number of hydrogen-bond acceptors (Lipinski definition) is 0. The lowest BCUT2D eigenvalue weighted by Gasteiger charge is -2.02. The van der Waals surface area contributed by atoms with Crippen molar-refractivity contribution in [1.29, 1.82) is 0 Å². The Morgan fingerprint density at radius 3 is 2.53 bits per heavy atom. The van der Waals surface area contributed by atoms with E-state index in [0.29, 0.717) is 0 Å². The Morgan fingerprint density at radius 1 is 1.24 bits per heavy atom. The van der Waals surface area contributed by atoms with Crippen LogP contribution in [0.15, 0.2) is 48.6 Å². The van der Waals surface area contributed by atoms with Crippen LogP contribution in [0.3, 0.4) is 0 Å². The fraction of sp³-hybridized carbons (Fsp3) is 0.294. The summed E-state index contributed by atoms with van der Waals surface area (Å²) >= 11 is 0. The minimum Gasteiger partial charge on any atom is -0.0988 e. The molecule has 0 atom stereocenters. The Kier molecular flexibility index (Phi) is 4.96. The van der Waals surface area contributed by atoms with Crippen LogP contribution in [0, 0.1) is 6.92 Å². The number of allylic oxidation sites excluding steroid dienone is 5. The third-order valence-electron chi connectivity index (χ3n) is 2.86. The van der Waals surface area contributed by atoms with Crippen LogP contribution in [0.1, 0.15) is 37.5 Å². The lowest BCUT2D eigenvalue weighted by atomic mass is 10.0. The van der Waals surface area contributed by atoms with E-state index in [1.54, 1.807) is 0 Å². The zero-order valence-electron chi connectivity index (χ0n) is 11.4. The molecule has 0 bridgehead atoms. The molecule has 0 aliphatic heterocycles. The molecule has 90 valence electrons. The Balaban J connectivity index is 0.000000686. The highest BCUT2D eigenvalue weighted by atomic mass is 14.2. The SMILES string of the molecule is C=CC1=C(/C=C\C)c2ccc(C)cc2C1.CC. The van der Waals surface area contributed by atoms with Gasteiger partial charge in [-0.15, -0.1) is 0 Å². The summed E-state index contributed by atoms with van der Waals surface area (Å²) in [6.07, 6.45) is 7.27. The zero-order valence-corrected chi connectivity index (χ0v) is 11.4. The predicted octanol–water partition coefficient (Wildman–Crippen LogP) is 5.09. The van der Waals surface area contributed by atoms with Gasteiger partial charge < -0.3 is 0 Å². The molecule has 0 heteroatoms. The van der Waals surface area contributed by atoms with E-state index in [1.165, 1.54) is 27.8 Å². The third-order valence-corrected chi connectivity index (χ3v) is 2.86. The third kappa shape index (κ3) is 2.76. The van der Waals surface area contributed by atoms with Gasteiger partial charge >= 0.3 is 0 Å². The molecule has 1 aromatic rings. The van der Waals surface area contributed by atoms with Gasteiger partial charge in [0.25, 0.3) is 0 Å². The molecule has 2 rings (SSSR count). The standard InChI is InChI=1S/C15H16.C2H6/c1-4-6-14-12(5-2)10-13-9-11(3)7-8-15(13)14;1-2/h4-9H,2,10H2,1,3H3;1-2H3/b6-4-;. The first-order chi connectivity index (χ1) is 8.26. The van der Waals surface area contributed by atoms with Crippen LogP contribution in [0.4, 0.5) is 0 Å². The number of benzene rings is 1. The summed E-state index contributed by atoms with van der Waals surface area (Å²) in [5.41, 5.74) is 6.81. The molecule has 0 unspecified atom stereocenters. The largest absolute Gasteiger partial charge is 0.0988 e. The van der Waals surface area contributed by atoms with E-state index in [2.05, 4.69) is 50.8 Å². The highest BCUT2D eigenvalue weighted by molar-refractivity contribution is 5.84. The fourth-order valence-corrected chi connectivity index (χ4v) is 2.15. The van der Waals surface area contributed by atoms with Crippen LogP contribution < -0.4 is 0 Å². The van der Waals surface area contributed by atoms with Crippen molar-refractivity contribution in [1.82, 2.24) is 0 Å². The van der Waals surface area contributed by atoms with Gasteiger partial charge in [-0.1, -0.05) is 62.4 Å². The van der Waals surface area contributed by atoms with Crippen LogP contribution in [-0.4, -0.2) is 0 Å². The van der Waals surface area contributed by atoms with Gasteiger partial charge in [-0.05, 0) is 42.5 Å². The van der Waals surface area contributed by atoms with Gasteiger partial charge in [0.1, 0.15) is 0 Å². The van der Waals surface area contributed by atoms with Crippen molar-refractivity contribution in [2.75, 3.05) is 0 Å². The van der Waals surface area contributed by atoms with Gasteiger partial charge in [-0.3, -0.25) is 0 Å². The number of fused-ring (bicyclic) bond motifs is 1. The second kappa shape index (κ2) is 6.24. The summed E-state index contributed by atoms with van der Waals surface area (Å²) in [6, 6.07) is 6.67. The quantitative estimate of drug-likeness (QED) is 0.658. The van der Waals surface area contributed by atoms with Crippen molar-refractivity contribution in [2.24, 2.45) is 0 Å². The van der Waals surface area contributed by atoms with Crippen molar-refractivity contribution in [2.45, 2.75) is 34.1 Å². The summed E-state index contributed by atoms with van der Waals surface area (Å²) in [5.74, 6) is 0. The van der Waals surface area contributed by atoms with E-state index in [4.69, 9.17) is 0 Å². The molecule has 0 aromatic heterocycles. The second-order valence-electron chi connectivity index (χ2n) is 3.98. The van der Waals surface area contributed by atoms with Crippen LogP contribution >= 0.6 is 0 Å². The number of aryl methyl sites for hydroxylation is 1. The maximum atomic E-state index is 3.89. The molecule has 0 spiro atoms. The average Bonchev–Trinajstić information content (AvgIpc) is 2.69. The molecule has 0 saturated heterocycles. The van der Waals surface area contributed by atoms with E-state index in [-0.39, 0.29) is 0 Å². The van der Waals surface area contributed by atoms with Gasteiger partial charge in [0, 0.05) is 0 Å². The zero-order chi connectivity index (χ0) is 12.8. The summed E-state index contributed by atoms with van der Waals surface area (Å²) < 4.78 is 0. The van der Waals surface area contributed by atoms with Gasteiger partial charge in [0.15, 0.2) is 0 Å². The molecule has 0 nitrogen and oxygen atoms in total. The Hall–Kier alpha value is -1.56. The highest BCUT2D eigenvalue weighted by Gasteiger charge is 2.17. The van der Waals surface area contributed by atoms with Gasteiger partial charge in [-0.2, -0.15) is 0 Å². The predicted molar refractivity (Wildman–Crippen MR) is 78.2 cm³/mol. The minimum atomic E-state index is 1.03. The second-order valence-corrected chi connectivity index (χ2v) is 3.98. The van der Waals surface area contributed by atoms with Crippen LogP contribution in [0.2, 0.25) is 0 Å². The minimum absolute atomic E-state index is 1.03. The maximum Gasteiger partial charge on any atom is -0.00136 e. The Morgan fingerprint density at radius 2 is 1.94 bits per heavy atom. The topological polar surface area (TPSA) is 0 Å². The first-order valence-electron chi connectivity index (χ1n) is 6.34. The molecule has 0 saturated carbocycles. The van der Waals surface area contributed by atoms with Crippen molar-refractivity contribution >= 4 is 5.57 Å². The first kappa shape index (κ1) is 13.5. The first-order valence-corrected chi connectivity index (χ1v) is 6.34. The van der Waals surface area contributed by atoms with E-state index in [1.807, 2.05) is 19.9 Å². The normalized spacial score (nSPS) is 13.4. The number of rotatable bonds is 2. The molecule has 0 heterocycles. The maximum absolute atomic E-state index is 3.89. The monoisotopic (exact) mass is 226 g/mol. The van der Waals surface area contributed by atoms with E-state index in [9.17, 15) is 0 Å².